The lowest BCUT2D eigenvalue weighted by Gasteiger charge is -2.25. The molecule has 4 N–H and O–H groups in total. The van der Waals surface area contributed by atoms with E-state index in [9.17, 15) is 19.2 Å². The maximum Gasteiger partial charge on any atom is 0.266 e. The fraction of sp³-hybridized carbons (Fsp3) is 0.227. The first-order chi connectivity index (χ1) is 15.3. The van der Waals surface area contributed by atoms with E-state index in [4.69, 9.17) is 10.6 Å². The van der Waals surface area contributed by atoms with Gasteiger partial charge in [-0.2, -0.15) is 0 Å². The molecule has 1 atom stereocenters. The number of pyridine rings is 1. The third-order valence-corrected chi connectivity index (χ3v) is 5.38. The number of nitrogen functional groups attached to an aromatic ring is 1. The molecule has 0 unspecified atom stereocenters. The molecule has 4 amide bonds. The minimum absolute atomic E-state index is 0.0657. The van der Waals surface area contributed by atoms with E-state index < -0.39 is 23.1 Å². The number of imide groups is 1. The second-order valence-corrected chi connectivity index (χ2v) is 7.51. The highest BCUT2D eigenvalue weighted by Gasteiger charge is 2.48. The molecule has 0 bridgehead atoms. The number of hydrazine groups is 1. The van der Waals surface area contributed by atoms with Crippen molar-refractivity contribution in [1.29, 1.82) is 0 Å². The number of nitrogens with two attached hydrogens (primary N) is 1. The Morgan fingerprint density at radius 3 is 2.81 bits per heavy atom. The molecule has 1 saturated heterocycles. The predicted molar refractivity (Wildman–Crippen MR) is 111 cm³/mol. The molecule has 1 aromatic carbocycles. The quantitative estimate of drug-likeness (QED) is 0.198. The third kappa shape index (κ3) is 3.77. The lowest BCUT2D eigenvalue weighted by molar-refractivity contribution is -0.127. The summed E-state index contributed by atoms with van der Waals surface area (Å²) in [6, 6.07) is 6.67. The molecule has 10 nitrogen and oxygen atoms in total. The zero-order valence-corrected chi connectivity index (χ0v) is 17.1. The molecule has 3 heterocycles. The number of amides is 4. The predicted octanol–water partition coefficient (Wildman–Crippen LogP) is -0.266. The van der Waals surface area contributed by atoms with E-state index in [-0.39, 0.29) is 31.0 Å². The first-order valence-electron chi connectivity index (χ1n) is 9.65. The van der Waals surface area contributed by atoms with Crippen LogP contribution in [0.25, 0.3) is 0 Å². The number of hydrogen-bond acceptors (Lipinski definition) is 7. The van der Waals surface area contributed by atoms with Gasteiger partial charge in [-0.3, -0.25) is 34.9 Å². The fourth-order valence-electron chi connectivity index (χ4n) is 3.74. The van der Waals surface area contributed by atoms with Crippen LogP contribution < -0.4 is 21.3 Å². The van der Waals surface area contributed by atoms with Crippen LogP contribution in [0.4, 0.5) is 0 Å². The van der Waals surface area contributed by atoms with Crippen molar-refractivity contribution in [3.63, 3.8) is 0 Å². The van der Waals surface area contributed by atoms with Gasteiger partial charge in [0.15, 0.2) is 0 Å². The molecule has 162 valence electrons. The molecule has 10 heteroatoms. The molecule has 0 spiro atoms. The highest BCUT2D eigenvalue weighted by atomic mass is 16.5. The van der Waals surface area contributed by atoms with E-state index in [1.807, 2.05) is 5.43 Å². The number of nitrogens with one attached hydrogen (secondary N) is 2. The fourth-order valence-corrected chi connectivity index (χ4v) is 3.74. The molecule has 0 saturated carbocycles. The van der Waals surface area contributed by atoms with E-state index in [2.05, 4.69) is 22.1 Å². The van der Waals surface area contributed by atoms with Crippen LogP contribution in [0.1, 0.15) is 38.3 Å². The van der Waals surface area contributed by atoms with Crippen LogP contribution in [-0.4, -0.2) is 47.2 Å². The largest absolute Gasteiger partial charge is 0.497 e. The maximum absolute atomic E-state index is 12.9. The number of carbonyl (C=O) groups is 4. The van der Waals surface area contributed by atoms with Crippen molar-refractivity contribution < 1.29 is 23.9 Å². The zero-order chi connectivity index (χ0) is 22.9. The molecule has 1 aromatic heterocycles. The Kier molecular flexibility index (Phi) is 5.34. The smallest absolute Gasteiger partial charge is 0.266 e. The maximum atomic E-state index is 12.9. The molecule has 0 radical (unpaired) electrons. The molecule has 32 heavy (non-hydrogen) atoms. The Hall–Kier alpha value is -4.23. The SMILES string of the molecule is COc1ccc2c(c1)C(=O)N(C[C@@]1(C#Cc3cncc(C(=O)NN)c3)CC(=O)NC1=O)C2. The summed E-state index contributed by atoms with van der Waals surface area (Å²) in [5, 5.41) is 2.28. The van der Waals surface area contributed by atoms with Gasteiger partial charge in [0, 0.05) is 36.6 Å². The van der Waals surface area contributed by atoms with Crippen molar-refractivity contribution in [3.05, 3.63) is 58.9 Å². The summed E-state index contributed by atoms with van der Waals surface area (Å²) < 4.78 is 5.19. The van der Waals surface area contributed by atoms with Crippen LogP contribution >= 0.6 is 0 Å². The second kappa shape index (κ2) is 8.13. The highest BCUT2D eigenvalue weighted by Crippen LogP contribution is 2.33. The van der Waals surface area contributed by atoms with Gasteiger partial charge in [-0.05, 0) is 23.8 Å². The Labute approximate surface area is 183 Å². The van der Waals surface area contributed by atoms with Gasteiger partial charge >= 0.3 is 0 Å². The summed E-state index contributed by atoms with van der Waals surface area (Å²) in [5.74, 6) is 9.54. The standard InChI is InChI=1S/C22H19N5O5/c1-32-16-3-2-14-11-27(20(30)17(14)7-16)12-22(8-18(28)25-21(22)31)5-4-13-6-15(10-24-9-13)19(29)26-23/h2-3,6-7,9-10H,8,11-12,23H2,1H3,(H,26,29)(H,25,28,31)/t22-/m1/s1. The monoisotopic (exact) mass is 433 g/mol. The van der Waals surface area contributed by atoms with Crippen LogP contribution in [0.3, 0.4) is 0 Å². The van der Waals surface area contributed by atoms with Gasteiger partial charge < -0.3 is 9.64 Å². The number of aromatic nitrogens is 1. The zero-order valence-electron chi connectivity index (χ0n) is 17.1. The van der Waals surface area contributed by atoms with Gasteiger partial charge in [0.2, 0.25) is 11.8 Å². The van der Waals surface area contributed by atoms with Crippen molar-refractivity contribution in [3.8, 4) is 17.6 Å². The lowest BCUT2D eigenvalue weighted by Crippen LogP contribution is -2.42. The molecule has 2 aliphatic heterocycles. The summed E-state index contributed by atoms with van der Waals surface area (Å²) in [5.41, 5.74) is 2.42. The Morgan fingerprint density at radius 2 is 2.12 bits per heavy atom. The molecule has 4 rings (SSSR count). The number of nitrogens with zero attached hydrogens (tertiary/aromatic N) is 2. The van der Waals surface area contributed by atoms with Crippen LogP contribution in [-0.2, 0) is 16.1 Å². The van der Waals surface area contributed by atoms with E-state index in [0.29, 0.717) is 16.9 Å². The topological polar surface area (TPSA) is 144 Å². The number of carbonyl (C=O) groups excluding carboxylic acids is 4. The number of methoxy groups -OCH3 is 1. The summed E-state index contributed by atoms with van der Waals surface area (Å²) in [7, 11) is 1.51. The Bertz CT molecular complexity index is 1210. The molecule has 1 fully saturated rings. The van der Waals surface area contributed by atoms with Gasteiger partial charge in [-0.15, -0.1) is 0 Å². The van der Waals surface area contributed by atoms with Gasteiger partial charge in [0.25, 0.3) is 11.8 Å². The Morgan fingerprint density at radius 1 is 1.31 bits per heavy atom. The molecule has 2 aliphatic rings. The van der Waals surface area contributed by atoms with E-state index in [1.165, 1.54) is 30.5 Å². The van der Waals surface area contributed by atoms with Gasteiger partial charge in [0.1, 0.15) is 11.2 Å². The summed E-state index contributed by atoms with van der Waals surface area (Å²) in [6.07, 6.45) is 2.56. The number of fused-ring (bicyclic) bond motifs is 1. The summed E-state index contributed by atoms with van der Waals surface area (Å²) in [4.78, 5) is 54.9. The summed E-state index contributed by atoms with van der Waals surface area (Å²) in [6.45, 7) is 0.223. The van der Waals surface area contributed by atoms with Crippen LogP contribution in [0.15, 0.2) is 36.7 Å². The highest BCUT2D eigenvalue weighted by molar-refractivity contribution is 6.08. The van der Waals surface area contributed by atoms with Crippen molar-refractivity contribution >= 4 is 23.6 Å². The van der Waals surface area contributed by atoms with Crippen LogP contribution in [0, 0.1) is 17.3 Å². The summed E-state index contributed by atoms with van der Waals surface area (Å²) >= 11 is 0. The van der Waals surface area contributed by atoms with E-state index >= 15 is 0 Å². The van der Waals surface area contributed by atoms with Crippen molar-refractivity contribution in [2.24, 2.45) is 11.3 Å². The van der Waals surface area contributed by atoms with Crippen LogP contribution in [0.2, 0.25) is 0 Å². The normalized spacial score (nSPS) is 19.2. The van der Waals surface area contributed by atoms with Crippen molar-refractivity contribution in [2.75, 3.05) is 13.7 Å². The first kappa shape index (κ1) is 21.0. The van der Waals surface area contributed by atoms with Crippen LogP contribution in [0.5, 0.6) is 5.75 Å². The van der Waals surface area contributed by atoms with Crippen molar-refractivity contribution in [1.82, 2.24) is 20.6 Å². The second-order valence-electron chi connectivity index (χ2n) is 7.51. The minimum atomic E-state index is -1.43. The lowest BCUT2D eigenvalue weighted by atomic mass is 9.85. The minimum Gasteiger partial charge on any atom is -0.497 e. The molecular formula is C22H19N5O5. The first-order valence-corrected chi connectivity index (χ1v) is 9.65. The number of ether oxygens (including phenoxy) is 1. The van der Waals surface area contributed by atoms with Gasteiger partial charge in [0.05, 0.1) is 19.1 Å². The van der Waals surface area contributed by atoms with Gasteiger partial charge in [-0.25, -0.2) is 5.84 Å². The number of benzene rings is 1. The van der Waals surface area contributed by atoms with Gasteiger partial charge in [-0.1, -0.05) is 17.9 Å². The van der Waals surface area contributed by atoms with E-state index in [0.717, 1.165) is 5.56 Å². The van der Waals surface area contributed by atoms with Crippen molar-refractivity contribution in [2.45, 2.75) is 13.0 Å². The third-order valence-electron chi connectivity index (χ3n) is 5.38. The number of rotatable bonds is 4. The Balaban J connectivity index is 1.64. The molecule has 0 aliphatic carbocycles. The average molecular weight is 433 g/mol. The molecule has 2 aromatic rings. The number of hydrogen-bond donors (Lipinski definition) is 3. The average Bonchev–Trinajstić information content (AvgIpc) is 3.26. The molecular weight excluding hydrogens is 414 g/mol. The van der Waals surface area contributed by atoms with E-state index in [1.54, 1.807) is 18.2 Å².